The average Bonchev–Trinajstić information content (AvgIpc) is 0.820. The number of likely N-dealkylation sites (N-methyl/N-ethyl adjacent to an activating group) is 6. The molecule has 2 aliphatic rings. The van der Waals surface area contributed by atoms with Crippen LogP contribution in [0.3, 0.4) is 0 Å². The highest BCUT2D eigenvalue weighted by Gasteiger charge is 2.45. The number of amides is 12. The van der Waals surface area contributed by atoms with E-state index in [1.54, 1.807) is 89.2 Å². The molecule has 2 fully saturated rings. The predicted molar refractivity (Wildman–Crippen MR) is 407 cm³/mol. The van der Waals surface area contributed by atoms with Crippen molar-refractivity contribution < 1.29 is 76.2 Å². The van der Waals surface area contributed by atoms with Crippen LogP contribution in [0.4, 0.5) is 0 Å². The minimum atomic E-state index is -4.11. The topological polar surface area (TPSA) is 366 Å². The van der Waals surface area contributed by atoms with Crippen LogP contribution < -0.4 is 26.0 Å². The Morgan fingerprint density at radius 2 is 1.13 bits per heavy atom. The minimum Gasteiger partial charge on any atom is -0.391 e. The number of rotatable bonds is 21. The molecule has 31 heteroatoms. The largest absolute Gasteiger partial charge is 0.391 e. The van der Waals surface area contributed by atoms with E-state index in [0.717, 1.165) is 32.3 Å². The lowest BCUT2D eigenvalue weighted by Crippen LogP contribution is -2.62. The maximum Gasteiger partial charge on any atom is 0.248 e. The van der Waals surface area contributed by atoms with Crippen LogP contribution in [0.1, 0.15) is 164 Å². The number of benzene rings is 2. The number of carbonyl (C=O) groups excluding carboxylic acids is 12. The van der Waals surface area contributed by atoms with Crippen molar-refractivity contribution in [3.05, 3.63) is 70.7 Å². The van der Waals surface area contributed by atoms with Crippen LogP contribution in [0.2, 0.25) is 5.02 Å². The molecule has 0 bridgehead atoms. The number of hydrogen-bond acceptors (Lipinski definition) is 17. The van der Waals surface area contributed by atoms with E-state index in [1.807, 2.05) is 39.3 Å². The van der Waals surface area contributed by atoms with Crippen molar-refractivity contribution in [3.63, 3.8) is 0 Å². The summed E-state index contributed by atoms with van der Waals surface area (Å²) in [5.74, 6) is -11.1. The third-order valence-electron chi connectivity index (χ3n) is 19.9. The molecule has 107 heavy (non-hydrogen) atoms. The molecule has 2 unspecified atom stereocenters. The Morgan fingerprint density at radius 1 is 0.598 bits per heavy atom. The molecule has 0 radical (unpaired) electrons. The lowest BCUT2D eigenvalue weighted by atomic mass is 9.96. The van der Waals surface area contributed by atoms with Gasteiger partial charge in [-0.15, -0.1) is 0 Å². The van der Waals surface area contributed by atoms with Crippen molar-refractivity contribution in [2.75, 3.05) is 74.7 Å². The van der Waals surface area contributed by atoms with Crippen molar-refractivity contribution >= 4 is 92.5 Å². The maximum atomic E-state index is 15.6. The van der Waals surface area contributed by atoms with E-state index in [9.17, 15) is 42.6 Å². The molecule has 0 saturated carbocycles. The second kappa shape index (κ2) is 42.8. The molecule has 29 nitrogen and oxygen atoms in total. The summed E-state index contributed by atoms with van der Waals surface area (Å²) < 4.78 is 26.5. The summed E-state index contributed by atoms with van der Waals surface area (Å²) in [6.45, 7) is 18.9. The van der Waals surface area contributed by atoms with Gasteiger partial charge in [-0.2, -0.15) is 0 Å². The predicted octanol–water partition coefficient (Wildman–Crippen LogP) is 3.30. The number of piperidine rings is 1. The van der Waals surface area contributed by atoms with E-state index >= 15 is 33.6 Å². The standard InChI is InChI=1S/C76H122ClN13O16S/c1-19-21-35-90-45-64(94)88(17)66(49(9)10)70(98)80-56(73(101)89-36-26-23-27-37-89)44-63(93)83(12)57(20-2)67(95)78-54(33-34-62(92)82-107(18,105)106)71(99)86(15)60(40-48(7)8)74(102)85(14)59(43-52-31-28-32-53(77)41-52)68(96)79-55(38-46(3)4)72(100)87(16)61(42-51-29-24-22-25-30-51)75(103)84(13)58(39-47(5)6)69(97)81-65(50(11)91)76(90)104/h22,24-25,28-32,41,46-50,54-61,65-67,78,91,95H,19-21,23,26-27,33-40,42-45H2,1-18H3,(H,79,96)(H,80,98)(H,81,97)(H,82,92)/t50-,54?,55+,56+,57+,58+,59+,60+,61+,65+,66+,67?/m1/s1. The van der Waals surface area contributed by atoms with Gasteiger partial charge in [-0.25, -0.2) is 8.42 Å². The number of aliphatic hydroxyl groups is 2. The van der Waals surface area contributed by atoms with Crippen molar-refractivity contribution in [3.8, 4) is 0 Å². The van der Waals surface area contributed by atoms with E-state index < -0.39 is 185 Å². The lowest BCUT2D eigenvalue weighted by Gasteiger charge is -2.39. The van der Waals surface area contributed by atoms with Gasteiger partial charge < -0.3 is 65.4 Å². The highest BCUT2D eigenvalue weighted by molar-refractivity contribution is 7.89. The second-order valence-corrected chi connectivity index (χ2v) is 32.7. The van der Waals surface area contributed by atoms with Gasteiger partial charge >= 0.3 is 0 Å². The van der Waals surface area contributed by atoms with Crippen molar-refractivity contribution in [1.82, 2.24) is 65.2 Å². The highest BCUT2D eigenvalue weighted by Crippen LogP contribution is 2.25. The molecule has 0 spiro atoms. The average molecular weight is 1540 g/mol. The first-order valence-electron chi connectivity index (χ1n) is 37.5. The van der Waals surface area contributed by atoms with Gasteiger partial charge in [0.15, 0.2) is 0 Å². The van der Waals surface area contributed by atoms with Gasteiger partial charge in [0.1, 0.15) is 54.6 Å². The number of likely N-dealkylation sites (tertiary alicyclic amines) is 1. The van der Waals surface area contributed by atoms with E-state index in [2.05, 4.69) is 21.3 Å². The van der Waals surface area contributed by atoms with Gasteiger partial charge in [0.2, 0.25) is 80.9 Å². The number of nitrogens with zero attached hydrogens (tertiary/aromatic N) is 8. The van der Waals surface area contributed by atoms with Crippen molar-refractivity contribution in [2.45, 2.75) is 239 Å². The third kappa shape index (κ3) is 27.4. The fourth-order valence-electron chi connectivity index (χ4n) is 13.8. The molecule has 2 heterocycles. The normalized spacial score (nSPS) is 25.0. The Hall–Kier alpha value is -7.80. The van der Waals surface area contributed by atoms with Crippen LogP contribution in [0.25, 0.3) is 0 Å². The van der Waals surface area contributed by atoms with Gasteiger partial charge in [0, 0.05) is 86.2 Å². The van der Waals surface area contributed by atoms with E-state index in [-0.39, 0.29) is 62.8 Å². The monoisotopic (exact) mass is 1540 g/mol. The van der Waals surface area contributed by atoms with Crippen molar-refractivity contribution in [2.24, 2.45) is 23.7 Å². The molecular formula is C76H122ClN13O16S. The smallest absolute Gasteiger partial charge is 0.248 e. The quantitative estimate of drug-likeness (QED) is 0.0942. The number of nitrogens with one attached hydrogen (secondary N) is 5. The Balaban J connectivity index is 2.06. The zero-order chi connectivity index (χ0) is 80.6. The van der Waals surface area contributed by atoms with Crippen LogP contribution in [0.15, 0.2) is 54.6 Å². The van der Waals surface area contributed by atoms with Gasteiger partial charge in [0.25, 0.3) is 0 Å². The molecule has 0 aliphatic carbocycles. The summed E-state index contributed by atoms with van der Waals surface area (Å²) in [6, 6.07) is 1.03. The molecule has 12 atom stereocenters. The summed E-state index contributed by atoms with van der Waals surface area (Å²) in [5, 5.41) is 35.4. The van der Waals surface area contributed by atoms with Crippen LogP contribution >= 0.6 is 11.6 Å². The van der Waals surface area contributed by atoms with Gasteiger partial charge in [-0.3, -0.25) is 67.6 Å². The number of hydrogen-bond donors (Lipinski definition) is 7. The number of unbranched alkanes of at least 4 members (excludes halogenated alkanes) is 1. The zero-order valence-corrected chi connectivity index (χ0v) is 67.7. The third-order valence-corrected chi connectivity index (χ3v) is 20.7. The summed E-state index contributed by atoms with van der Waals surface area (Å²) in [5.41, 5.74) is 1.11. The van der Waals surface area contributed by atoms with E-state index in [1.165, 1.54) is 68.8 Å². The summed E-state index contributed by atoms with van der Waals surface area (Å²) in [7, 11) is 4.08. The second-order valence-electron chi connectivity index (χ2n) is 30.5. The van der Waals surface area contributed by atoms with Gasteiger partial charge in [-0.1, -0.05) is 130 Å². The summed E-state index contributed by atoms with van der Waals surface area (Å²) in [6.07, 6.45) is -1.75. The van der Waals surface area contributed by atoms with Crippen LogP contribution in [0, 0.1) is 23.7 Å². The van der Waals surface area contributed by atoms with Gasteiger partial charge in [-0.05, 0) is 112 Å². The number of sulfonamides is 1. The minimum absolute atomic E-state index is 0.00786. The van der Waals surface area contributed by atoms with Crippen LogP contribution in [-0.4, -0.2) is 276 Å². The maximum absolute atomic E-state index is 15.6. The summed E-state index contributed by atoms with van der Waals surface area (Å²) in [4.78, 5) is 190. The Kier molecular flexibility index (Phi) is 36.7. The fourth-order valence-corrected chi connectivity index (χ4v) is 14.5. The molecule has 12 amide bonds. The molecule has 0 aromatic heterocycles. The first-order chi connectivity index (χ1) is 50.0. The molecule has 600 valence electrons. The highest BCUT2D eigenvalue weighted by atomic mass is 35.5. The molecule has 2 aliphatic heterocycles. The first-order valence-corrected chi connectivity index (χ1v) is 39.8. The lowest BCUT2D eigenvalue weighted by molar-refractivity contribution is -0.151. The number of carbonyl (C=O) groups is 12. The van der Waals surface area contributed by atoms with Crippen LogP contribution in [-0.2, 0) is 80.4 Å². The molecule has 7 N–H and O–H groups in total. The molecule has 2 aromatic rings. The van der Waals surface area contributed by atoms with Crippen molar-refractivity contribution in [1.29, 1.82) is 0 Å². The molecular weight excluding hydrogens is 1420 g/mol. The molecule has 2 saturated heterocycles. The fraction of sp³-hybridized carbons (Fsp3) is 0.684. The Labute approximate surface area is 638 Å². The zero-order valence-electron chi connectivity index (χ0n) is 66.1. The summed E-state index contributed by atoms with van der Waals surface area (Å²) >= 11 is 6.54. The molecule has 2 aromatic carbocycles. The van der Waals surface area contributed by atoms with Gasteiger partial charge in [0.05, 0.1) is 37.4 Å². The first kappa shape index (κ1) is 91.6. The Bertz CT molecular complexity index is 3470. The van der Waals surface area contributed by atoms with Crippen LogP contribution in [0.5, 0.6) is 0 Å². The number of halogens is 1. The SMILES string of the molecule is CCCCN1CC(=O)N(C)[C@@H](C(C)C)C(=O)N[C@H](C(=O)N2CCCCC2)CC(=O)N(C)[C@@H](CC)C(O)NC(CCC(=O)NS(C)(=O)=O)C(=O)N(C)[C@@H](CC(C)C)C(=O)N(C)[C@@H](Cc2cccc(Cl)c2)C(=O)N[C@@H](CC(C)C)C(=O)N(C)[C@@H](Cc2ccccc2)C(=O)N(C)[C@@H](CC(C)C)C(=O)N[C@@H]([C@@H](C)O)C1=O. The molecule has 4 rings (SSSR count). The van der Waals surface area contributed by atoms with E-state index in [0.29, 0.717) is 54.9 Å². The van der Waals surface area contributed by atoms with E-state index in [4.69, 9.17) is 11.6 Å². The Morgan fingerprint density at radius 3 is 1.68 bits per heavy atom. The number of aliphatic hydroxyl groups excluding tert-OH is 2.